The van der Waals surface area contributed by atoms with E-state index in [0.717, 1.165) is 31.1 Å². The molecule has 13 heavy (non-hydrogen) atoms. The molecular weight excluding hydrogens is 166 g/mol. The smallest absolute Gasteiger partial charge is 0.231 e. The third-order valence-corrected chi connectivity index (χ3v) is 2.64. The lowest BCUT2D eigenvalue weighted by atomic mass is 10.0. The molecular formula is C9H15N3O. The van der Waals surface area contributed by atoms with Crippen LogP contribution in [0.3, 0.4) is 0 Å². The monoisotopic (exact) mass is 181 g/mol. The van der Waals surface area contributed by atoms with Gasteiger partial charge in [0.2, 0.25) is 5.89 Å². The van der Waals surface area contributed by atoms with Crippen LogP contribution in [0.2, 0.25) is 0 Å². The average molecular weight is 181 g/mol. The van der Waals surface area contributed by atoms with Gasteiger partial charge >= 0.3 is 0 Å². The van der Waals surface area contributed by atoms with Gasteiger partial charge < -0.3 is 9.84 Å². The minimum absolute atomic E-state index is 0.410. The van der Waals surface area contributed by atoms with E-state index in [-0.39, 0.29) is 0 Å². The first-order chi connectivity index (χ1) is 6.31. The fourth-order valence-electron chi connectivity index (χ4n) is 1.76. The van der Waals surface area contributed by atoms with Crippen LogP contribution >= 0.6 is 0 Å². The summed E-state index contributed by atoms with van der Waals surface area (Å²) in [7, 11) is 0. The number of nitrogens with one attached hydrogen (secondary N) is 1. The summed E-state index contributed by atoms with van der Waals surface area (Å²) in [5, 5.41) is 7.27. The van der Waals surface area contributed by atoms with Crippen LogP contribution in [0.4, 0.5) is 0 Å². The molecule has 2 unspecified atom stereocenters. The summed E-state index contributed by atoms with van der Waals surface area (Å²) in [4.78, 5) is 4.34. The fraction of sp³-hybridized carbons (Fsp3) is 0.778. The molecule has 1 aromatic heterocycles. The lowest BCUT2D eigenvalue weighted by Crippen LogP contribution is -2.21. The molecule has 0 saturated carbocycles. The molecule has 1 saturated heterocycles. The van der Waals surface area contributed by atoms with Gasteiger partial charge in [-0.3, -0.25) is 0 Å². The van der Waals surface area contributed by atoms with E-state index < -0.39 is 0 Å². The van der Waals surface area contributed by atoms with E-state index in [9.17, 15) is 0 Å². The Hall–Kier alpha value is -0.900. The van der Waals surface area contributed by atoms with Crippen LogP contribution in [0.15, 0.2) is 4.52 Å². The second-order valence-corrected chi connectivity index (χ2v) is 3.54. The highest BCUT2D eigenvalue weighted by Gasteiger charge is 2.28. The molecule has 0 bridgehead atoms. The number of aromatic nitrogens is 2. The lowest BCUT2D eigenvalue weighted by Gasteiger charge is -2.08. The summed E-state index contributed by atoms with van der Waals surface area (Å²) in [5.74, 6) is 2.02. The zero-order chi connectivity index (χ0) is 9.26. The van der Waals surface area contributed by atoms with Crippen molar-refractivity contribution in [3.05, 3.63) is 11.7 Å². The largest absolute Gasteiger partial charge is 0.339 e. The van der Waals surface area contributed by atoms with Gasteiger partial charge in [-0.15, -0.1) is 0 Å². The number of rotatable bonds is 2. The minimum atomic E-state index is 0.410. The third kappa shape index (κ3) is 1.58. The molecule has 0 aromatic carbocycles. The Kier molecular flexibility index (Phi) is 2.31. The average Bonchev–Trinajstić information content (AvgIpc) is 2.71. The van der Waals surface area contributed by atoms with Crippen molar-refractivity contribution in [3.8, 4) is 0 Å². The molecule has 1 aliphatic heterocycles. The van der Waals surface area contributed by atoms with Crippen molar-refractivity contribution in [2.24, 2.45) is 0 Å². The van der Waals surface area contributed by atoms with E-state index in [4.69, 9.17) is 4.52 Å². The van der Waals surface area contributed by atoms with E-state index in [1.54, 1.807) is 0 Å². The first-order valence-corrected chi connectivity index (χ1v) is 4.87. The maximum atomic E-state index is 5.21. The van der Waals surface area contributed by atoms with Gasteiger partial charge in [-0.05, 0) is 19.9 Å². The highest BCUT2D eigenvalue weighted by molar-refractivity contribution is 5.01. The normalized spacial score (nSPS) is 28.2. The van der Waals surface area contributed by atoms with Crippen molar-refractivity contribution in [1.29, 1.82) is 0 Å². The van der Waals surface area contributed by atoms with E-state index >= 15 is 0 Å². The summed E-state index contributed by atoms with van der Waals surface area (Å²) in [6.07, 6.45) is 1.95. The quantitative estimate of drug-likeness (QED) is 0.742. The number of hydrogen-bond acceptors (Lipinski definition) is 4. The highest BCUT2D eigenvalue weighted by Crippen LogP contribution is 2.25. The van der Waals surface area contributed by atoms with Crippen LogP contribution in [0.5, 0.6) is 0 Å². The summed E-state index contributed by atoms with van der Waals surface area (Å²) in [6.45, 7) is 5.24. The molecule has 2 atom stereocenters. The molecule has 0 amide bonds. The Balaban J connectivity index is 2.15. The molecule has 0 radical (unpaired) electrons. The Labute approximate surface area is 77.7 Å². The Morgan fingerprint density at radius 3 is 3.00 bits per heavy atom. The lowest BCUT2D eigenvalue weighted by molar-refractivity contribution is 0.341. The van der Waals surface area contributed by atoms with Crippen molar-refractivity contribution in [3.63, 3.8) is 0 Å². The molecule has 72 valence electrons. The van der Waals surface area contributed by atoms with Crippen molar-refractivity contribution >= 4 is 0 Å². The Morgan fingerprint density at radius 1 is 1.62 bits per heavy atom. The van der Waals surface area contributed by atoms with Gasteiger partial charge in [-0.2, -0.15) is 4.98 Å². The second-order valence-electron chi connectivity index (χ2n) is 3.54. The molecule has 1 aromatic rings. The van der Waals surface area contributed by atoms with Gasteiger partial charge in [0.15, 0.2) is 5.82 Å². The van der Waals surface area contributed by atoms with Crippen LogP contribution < -0.4 is 5.32 Å². The fourth-order valence-corrected chi connectivity index (χ4v) is 1.76. The van der Waals surface area contributed by atoms with E-state index in [0.29, 0.717) is 12.0 Å². The summed E-state index contributed by atoms with van der Waals surface area (Å²) in [6, 6.07) is 0.463. The van der Waals surface area contributed by atoms with Gasteiger partial charge in [0, 0.05) is 12.5 Å². The van der Waals surface area contributed by atoms with Crippen molar-refractivity contribution in [1.82, 2.24) is 15.5 Å². The van der Waals surface area contributed by atoms with Gasteiger partial charge in [0.1, 0.15) is 0 Å². The van der Waals surface area contributed by atoms with Crippen LogP contribution in [0.1, 0.15) is 37.9 Å². The minimum Gasteiger partial charge on any atom is -0.339 e. The standard InChI is InChI=1S/C9H15N3O/c1-3-8-11-9(13-12-8)7-4-5-10-6(7)2/h6-7,10H,3-5H2,1-2H3. The maximum Gasteiger partial charge on any atom is 0.231 e. The van der Waals surface area contributed by atoms with Gasteiger partial charge in [-0.25, -0.2) is 0 Å². The van der Waals surface area contributed by atoms with Crippen LogP contribution in [-0.2, 0) is 6.42 Å². The molecule has 2 rings (SSSR count). The Morgan fingerprint density at radius 2 is 2.46 bits per heavy atom. The molecule has 1 aliphatic rings. The number of hydrogen-bond donors (Lipinski definition) is 1. The topological polar surface area (TPSA) is 51.0 Å². The SMILES string of the molecule is CCc1noc(C2CCNC2C)n1. The predicted octanol–water partition coefficient (Wildman–Crippen LogP) is 1.10. The summed E-state index contributed by atoms with van der Waals surface area (Å²) >= 11 is 0. The molecule has 0 spiro atoms. The predicted molar refractivity (Wildman–Crippen MR) is 48.5 cm³/mol. The first-order valence-electron chi connectivity index (χ1n) is 4.87. The van der Waals surface area contributed by atoms with E-state index in [1.165, 1.54) is 0 Å². The van der Waals surface area contributed by atoms with Gasteiger partial charge in [-0.1, -0.05) is 12.1 Å². The zero-order valence-corrected chi connectivity index (χ0v) is 8.08. The molecule has 4 nitrogen and oxygen atoms in total. The first kappa shape index (κ1) is 8.69. The number of nitrogens with zero attached hydrogens (tertiary/aromatic N) is 2. The summed E-state index contributed by atoms with van der Waals surface area (Å²) < 4.78 is 5.21. The summed E-state index contributed by atoms with van der Waals surface area (Å²) in [5.41, 5.74) is 0. The molecule has 1 N–H and O–H groups in total. The highest BCUT2D eigenvalue weighted by atomic mass is 16.5. The third-order valence-electron chi connectivity index (χ3n) is 2.64. The second kappa shape index (κ2) is 3.46. The molecule has 1 fully saturated rings. The van der Waals surface area contributed by atoms with Gasteiger partial charge in [0.05, 0.1) is 5.92 Å². The van der Waals surface area contributed by atoms with Crippen LogP contribution in [-0.4, -0.2) is 22.7 Å². The van der Waals surface area contributed by atoms with Crippen molar-refractivity contribution in [2.45, 2.75) is 38.6 Å². The van der Waals surface area contributed by atoms with Crippen LogP contribution in [0.25, 0.3) is 0 Å². The number of aryl methyl sites for hydroxylation is 1. The molecule has 0 aliphatic carbocycles. The van der Waals surface area contributed by atoms with Gasteiger partial charge in [0.25, 0.3) is 0 Å². The molecule has 4 heteroatoms. The maximum absolute atomic E-state index is 5.21. The van der Waals surface area contributed by atoms with Crippen molar-refractivity contribution < 1.29 is 4.52 Å². The zero-order valence-electron chi connectivity index (χ0n) is 8.08. The van der Waals surface area contributed by atoms with E-state index in [2.05, 4.69) is 22.4 Å². The van der Waals surface area contributed by atoms with E-state index in [1.807, 2.05) is 6.92 Å². The van der Waals surface area contributed by atoms with Crippen molar-refractivity contribution in [2.75, 3.05) is 6.54 Å². The Bertz CT molecular complexity index is 284. The van der Waals surface area contributed by atoms with Crippen LogP contribution in [0, 0.1) is 0 Å². The molecule has 2 heterocycles.